The average Bonchev–Trinajstić information content (AvgIpc) is 3.05. The van der Waals surface area contributed by atoms with E-state index >= 15 is 0 Å². The SMILES string of the molecule is C=CCNC(=O)c1nc(C(=O)NCc2ccncc2)c2n1CCCC2. The van der Waals surface area contributed by atoms with Gasteiger partial charge in [-0.15, -0.1) is 6.58 Å². The van der Waals surface area contributed by atoms with Gasteiger partial charge in [0.05, 0.1) is 5.69 Å². The van der Waals surface area contributed by atoms with Gasteiger partial charge in [0.2, 0.25) is 0 Å². The van der Waals surface area contributed by atoms with Crippen LogP contribution in [-0.4, -0.2) is 32.9 Å². The van der Waals surface area contributed by atoms with Crippen LogP contribution in [0.4, 0.5) is 0 Å². The van der Waals surface area contributed by atoms with Gasteiger partial charge in [-0.25, -0.2) is 4.98 Å². The standard InChI is InChI=1S/C18H21N5O2/c1-2-8-20-18(25)16-22-15(14-5-3-4-11-23(14)16)17(24)21-12-13-6-9-19-10-7-13/h2,6-7,9-10H,1,3-5,8,11-12H2,(H,20,25)(H,21,24). The predicted molar refractivity (Wildman–Crippen MR) is 93.1 cm³/mol. The van der Waals surface area contributed by atoms with Crippen LogP contribution in [-0.2, 0) is 19.5 Å². The van der Waals surface area contributed by atoms with Crippen molar-refractivity contribution in [3.8, 4) is 0 Å². The molecule has 3 heterocycles. The molecule has 25 heavy (non-hydrogen) atoms. The van der Waals surface area contributed by atoms with E-state index in [1.165, 1.54) is 0 Å². The van der Waals surface area contributed by atoms with Crippen molar-refractivity contribution in [3.63, 3.8) is 0 Å². The predicted octanol–water partition coefficient (Wildman–Crippen LogP) is 1.46. The van der Waals surface area contributed by atoms with E-state index in [2.05, 4.69) is 27.2 Å². The van der Waals surface area contributed by atoms with Gasteiger partial charge in [0.15, 0.2) is 5.82 Å². The van der Waals surface area contributed by atoms with Gasteiger partial charge in [-0.3, -0.25) is 14.6 Å². The summed E-state index contributed by atoms with van der Waals surface area (Å²) in [6.07, 6.45) is 7.69. The zero-order valence-corrected chi connectivity index (χ0v) is 14.0. The van der Waals surface area contributed by atoms with Gasteiger partial charge in [0, 0.05) is 32.0 Å². The molecule has 7 heteroatoms. The van der Waals surface area contributed by atoms with Crippen molar-refractivity contribution >= 4 is 11.8 Å². The Kier molecular flexibility index (Phi) is 5.23. The molecule has 2 aromatic heterocycles. The Labute approximate surface area is 146 Å². The van der Waals surface area contributed by atoms with E-state index in [1.807, 2.05) is 16.7 Å². The highest BCUT2D eigenvalue weighted by atomic mass is 16.2. The molecular weight excluding hydrogens is 318 g/mol. The van der Waals surface area contributed by atoms with Crippen LogP contribution in [0.3, 0.4) is 0 Å². The number of nitrogens with one attached hydrogen (secondary N) is 2. The molecule has 0 unspecified atom stereocenters. The van der Waals surface area contributed by atoms with Gasteiger partial charge in [0.1, 0.15) is 5.69 Å². The Morgan fingerprint density at radius 3 is 2.76 bits per heavy atom. The molecule has 2 aromatic rings. The van der Waals surface area contributed by atoms with Gasteiger partial charge in [-0.1, -0.05) is 6.08 Å². The molecule has 0 radical (unpaired) electrons. The highest BCUT2D eigenvalue weighted by molar-refractivity contribution is 5.97. The van der Waals surface area contributed by atoms with Crippen LogP contribution in [0.5, 0.6) is 0 Å². The van der Waals surface area contributed by atoms with E-state index in [0.29, 0.717) is 31.2 Å². The Balaban J connectivity index is 1.80. The normalized spacial score (nSPS) is 13.0. The molecule has 0 spiro atoms. The third-order valence-electron chi connectivity index (χ3n) is 4.15. The molecule has 1 aliphatic heterocycles. The van der Waals surface area contributed by atoms with Crippen molar-refractivity contribution in [2.24, 2.45) is 0 Å². The molecule has 7 nitrogen and oxygen atoms in total. The van der Waals surface area contributed by atoms with Crippen molar-refractivity contribution < 1.29 is 9.59 Å². The first-order valence-electron chi connectivity index (χ1n) is 8.36. The summed E-state index contributed by atoms with van der Waals surface area (Å²) in [7, 11) is 0. The minimum Gasteiger partial charge on any atom is -0.347 e. The monoisotopic (exact) mass is 339 g/mol. The Morgan fingerprint density at radius 2 is 2.00 bits per heavy atom. The Morgan fingerprint density at radius 1 is 1.20 bits per heavy atom. The number of carbonyl (C=O) groups is 2. The molecule has 0 bridgehead atoms. The topological polar surface area (TPSA) is 88.9 Å². The number of hydrogen-bond donors (Lipinski definition) is 2. The summed E-state index contributed by atoms with van der Waals surface area (Å²) in [4.78, 5) is 33.2. The van der Waals surface area contributed by atoms with Crippen LogP contribution in [0.2, 0.25) is 0 Å². The first kappa shape index (κ1) is 16.9. The second kappa shape index (κ2) is 7.74. The number of pyridine rings is 1. The van der Waals surface area contributed by atoms with Crippen LogP contribution in [0.1, 0.15) is 45.2 Å². The molecule has 0 atom stereocenters. The van der Waals surface area contributed by atoms with Gasteiger partial charge < -0.3 is 15.2 Å². The molecule has 0 saturated carbocycles. The molecule has 0 saturated heterocycles. The lowest BCUT2D eigenvalue weighted by Gasteiger charge is -2.17. The minimum atomic E-state index is -0.281. The van der Waals surface area contributed by atoms with Crippen LogP contribution < -0.4 is 10.6 Å². The number of carbonyl (C=O) groups excluding carboxylic acids is 2. The van der Waals surface area contributed by atoms with Crippen LogP contribution in [0, 0.1) is 0 Å². The minimum absolute atomic E-state index is 0.259. The number of fused-ring (bicyclic) bond motifs is 1. The fourth-order valence-corrected chi connectivity index (χ4v) is 2.91. The van der Waals surface area contributed by atoms with E-state index in [9.17, 15) is 9.59 Å². The molecule has 130 valence electrons. The van der Waals surface area contributed by atoms with Crippen molar-refractivity contribution in [1.29, 1.82) is 0 Å². The quantitative estimate of drug-likeness (QED) is 0.780. The molecular formula is C18H21N5O2. The smallest absolute Gasteiger partial charge is 0.287 e. The van der Waals surface area contributed by atoms with Gasteiger partial charge >= 0.3 is 0 Å². The molecule has 0 aromatic carbocycles. The molecule has 1 aliphatic rings. The van der Waals surface area contributed by atoms with Crippen LogP contribution in [0.25, 0.3) is 0 Å². The number of aromatic nitrogens is 3. The van der Waals surface area contributed by atoms with E-state index in [4.69, 9.17) is 0 Å². The first-order valence-corrected chi connectivity index (χ1v) is 8.36. The van der Waals surface area contributed by atoms with E-state index in [-0.39, 0.29) is 11.8 Å². The average molecular weight is 339 g/mol. The summed E-state index contributed by atoms with van der Waals surface area (Å²) in [5.74, 6) is -0.243. The fraction of sp³-hybridized carbons (Fsp3) is 0.333. The third kappa shape index (κ3) is 3.76. The van der Waals surface area contributed by atoms with Crippen molar-refractivity contribution in [2.45, 2.75) is 32.4 Å². The zero-order chi connectivity index (χ0) is 17.6. The lowest BCUT2D eigenvalue weighted by molar-refractivity contribution is 0.0941. The maximum absolute atomic E-state index is 12.6. The number of rotatable bonds is 6. The molecule has 3 rings (SSSR count). The lowest BCUT2D eigenvalue weighted by atomic mass is 10.1. The zero-order valence-electron chi connectivity index (χ0n) is 14.0. The summed E-state index contributed by atoms with van der Waals surface area (Å²) in [5.41, 5.74) is 2.14. The summed E-state index contributed by atoms with van der Waals surface area (Å²) in [5, 5.41) is 5.60. The van der Waals surface area contributed by atoms with Crippen LogP contribution in [0.15, 0.2) is 37.2 Å². The highest BCUT2D eigenvalue weighted by Gasteiger charge is 2.27. The molecule has 2 amide bonds. The number of hydrogen-bond acceptors (Lipinski definition) is 4. The maximum atomic E-state index is 12.6. The maximum Gasteiger partial charge on any atom is 0.287 e. The number of amides is 2. The van der Waals surface area contributed by atoms with Crippen molar-refractivity contribution in [3.05, 3.63) is 60.0 Å². The third-order valence-corrected chi connectivity index (χ3v) is 4.15. The van der Waals surface area contributed by atoms with Gasteiger partial charge in [-0.2, -0.15) is 0 Å². The summed E-state index contributed by atoms with van der Waals surface area (Å²) in [6.45, 7) is 5.06. The van der Waals surface area contributed by atoms with Crippen molar-refractivity contribution in [1.82, 2.24) is 25.2 Å². The first-order chi connectivity index (χ1) is 12.2. The van der Waals surface area contributed by atoms with Crippen molar-refractivity contribution in [2.75, 3.05) is 6.54 Å². The number of nitrogens with zero attached hydrogens (tertiary/aromatic N) is 3. The summed E-state index contributed by atoms with van der Waals surface area (Å²) in [6, 6.07) is 3.69. The van der Waals surface area contributed by atoms with E-state index in [1.54, 1.807) is 18.5 Å². The Hall–Kier alpha value is -2.96. The molecule has 0 aliphatic carbocycles. The van der Waals surface area contributed by atoms with Crippen LogP contribution >= 0.6 is 0 Å². The lowest BCUT2D eigenvalue weighted by Crippen LogP contribution is -2.28. The number of imidazole rings is 1. The summed E-state index contributed by atoms with van der Waals surface area (Å²) < 4.78 is 1.86. The summed E-state index contributed by atoms with van der Waals surface area (Å²) >= 11 is 0. The molecule has 2 N–H and O–H groups in total. The Bertz CT molecular complexity index is 782. The second-order valence-corrected chi connectivity index (χ2v) is 5.88. The largest absolute Gasteiger partial charge is 0.347 e. The van der Waals surface area contributed by atoms with E-state index in [0.717, 1.165) is 30.5 Å². The fourth-order valence-electron chi connectivity index (χ4n) is 2.91. The molecule has 0 fully saturated rings. The van der Waals surface area contributed by atoms with Gasteiger partial charge in [-0.05, 0) is 37.0 Å². The second-order valence-electron chi connectivity index (χ2n) is 5.88. The van der Waals surface area contributed by atoms with Gasteiger partial charge in [0.25, 0.3) is 11.8 Å². The van der Waals surface area contributed by atoms with E-state index < -0.39 is 0 Å². The highest BCUT2D eigenvalue weighted by Crippen LogP contribution is 2.21.